The number of carbonyl (C=O) groups is 1. The number of aryl methyl sites for hydroxylation is 1. The molecule has 2 fully saturated rings. The van der Waals surface area contributed by atoms with E-state index in [2.05, 4.69) is 32.1 Å². The summed E-state index contributed by atoms with van der Waals surface area (Å²) in [5.74, 6) is 1.75. The van der Waals surface area contributed by atoms with Gasteiger partial charge in [-0.3, -0.25) is 24.0 Å². The standard InChI is InChI=1S/C28H27N7O2S/c1-16-9-30-19(10-29-16)11-31-27(37)24-25(36)20-7-8-23(34-14-17-12-33(2)13-18(17)15-34)32-26(20)35-21-5-3-4-6-22(21)38-28(24)35/h3-10,17-18H,11-15H2,1-2H3,(H,31,37). The van der Waals surface area contributed by atoms with Crippen LogP contribution in [0.1, 0.15) is 21.7 Å². The van der Waals surface area contributed by atoms with Crippen LogP contribution in [0.5, 0.6) is 0 Å². The van der Waals surface area contributed by atoms with Crippen LogP contribution in [0, 0.1) is 18.8 Å². The Kier molecular flexibility index (Phi) is 5.41. The molecular formula is C28H27N7O2S. The summed E-state index contributed by atoms with van der Waals surface area (Å²) in [6.45, 7) is 6.21. The third kappa shape index (κ3) is 3.74. The predicted octanol–water partition coefficient (Wildman–Crippen LogP) is 3.09. The van der Waals surface area contributed by atoms with E-state index in [4.69, 9.17) is 4.98 Å². The fraction of sp³-hybridized carbons (Fsp3) is 0.321. The highest BCUT2D eigenvalue weighted by atomic mass is 32.1. The predicted molar refractivity (Wildman–Crippen MR) is 149 cm³/mol. The molecule has 9 nitrogen and oxygen atoms in total. The molecule has 0 saturated carbocycles. The number of likely N-dealkylation sites (tertiary alicyclic amines) is 1. The lowest BCUT2D eigenvalue weighted by Gasteiger charge is -2.21. The highest BCUT2D eigenvalue weighted by Crippen LogP contribution is 2.35. The Hall–Kier alpha value is -3.89. The van der Waals surface area contributed by atoms with Crippen LogP contribution in [0.4, 0.5) is 5.82 Å². The first-order chi connectivity index (χ1) is 18.5. The van der Waals surface area contributed by atoms with Crippen LogP contribution in [0.15, 0.2) is 53.6 Å². The van der Waals surface area contributed by atoms with E-state index in [1.807, 2.05) is 47.7 Å². The Morgan fingerprint density at radius 1 is 1.05 bits per heavy atom. The number of nitrogens with one attached hydrogen (secondary N) is 1. The minimum absolute atomic E-state index is 0.132. The van der Waals surface area contributed by atoms with Crippen molar-refractivity contribution in [1.29, 1.82) is 0 Å². The zero-order chi connectivity index (χ0) is 26.0. The maximum Gasteiger partial charge on any atom is 0.258 e. The van der Waals surface area contributed by atoms with Crippen molar-refractivity contribution in [2.24, 2.45) is 11.8 Å². The molecule has 0 aliphatic carbocycles. The molecule has 2 aliphatic heterocycles. The molecular weight excluding hydrogens is 498 g/mol. The highest BCUT2D eigenvalue weighted by Gasteiger charge is 2.39. The van der Waals surface area contributed by atoms with E-state index in [1.54, 1.807) is 12.4 Å². The van der Waals surface area contributed by atoms with E-state index in [0.717, 1.165) is 47.9 Å². The lowest BCUT2D eigenvalue weighted by atomic mass is 10.0. The third-order valence-corrected chi connectivity index (χ3v) is 8.90. The minimum Gasteiger partial charge on any atom is -0.356 e. The Balaban J connectivity index is 1.34. The fourth-order valence-electron chi connectivity index (χ4n) is 5.94. The summed E-state index contributed by atoms with van der Waals surface area (Å²) in [5.41, 5.74) is 2.78. The zero-order valence-electron chi connectivity index (χ0n) is 21.2. The molecule has 2 saturated heterocycles. The van der Waals surface area contributed by atoms with Gasteiger partial charge in [-0.1, -0.05) is 12.1 Å². The van der Waals surface area contributed by atoms with E-state index in [-0.39, 0.29) is 17.5 Å². The molecule has 1 aromatic carbocycles. The van der Waals surface area contributed by atoms with Crippen LogP contribution in [0.3, 0.4) is 0 Å². The van der Waals surface area contributed by atoms with Crippen LogP contribution in [0.2, 0.25) is 0 Å². The minimum atomic E-state index is -0.427. The maximum atomic E-state index is 13.8. The molecule has 2 aliphatic rings. The smallest absolute Gasteiger partial charge is 0.258 e. The fourth-order valence-corrected chi connectivity index (χ4v) is 7.12. The van der Waals surface area contributed by atoms with Gasteiger partial charge in [0.1, 0.15) is 16.2 Å². The largest absolute Gasteiger partial charge is 0.356 e. The van der Waals surface area contributed by atoms with E-state index in [0.29, 0.717) is 33.4 Å². The van der Waals surface area contributed by atoms with Crippen LogP contribution in [0.25, 0.3) is 26.1 Å². The van der Waals surface area contributed by atoms with Gasteiger partial charge in [0.2, 0.25) is 5.43 Å². The number of carbonyl (C=O) groups excluding carboxylic acids is 1. The van der Waals surface area contributed by atoms with E-state index >= 15 is 0 Å². The summed E-state index contributed by atoms with van der Waals surface area (Å²) in [6.07, 6.45) is 3.29. The first-order valence-electron chi connectivity index (χ1n) is 12.8. The third-order valence-electron chi connectivity index (χ3n) is 7.76. The first-order valence-corrected chi connectivity index (χ1v) is 13.6. The van der Waals surface area contributed by atoms with Crippen LogP contribution >= 0.6 is 11.3 Å². The number of hydrogen-bond acceptors (Lipinski definition) is 8. The van der Waals surface area contributed by atoms with Gasteiger partial charge in [-0.15, -0.1) is 11.3 Å². The van der Waals surface area contributed by atoms with Crippen LogP contribution in [-0.2, 0) is 6.54 Å². The van der Waals surface area contributed by atoms with Crippen molar-refractivity contribution in [3.63, 3.8) is 0 Å². The van der Waals surface area contributed by atoms with Crippen molar-refractivity contribution < 1.29 is 4.79 Å². The Labute approximate surface area is 222 Å². The molecule has 1 N–H and O–H groups in total. The van der Waals surface area contributed by atoms with Crippen LogP contribution in [-0.4, -0.2) is 63.4 Å². The second-order valence-corrected chi connectivity index (χ2v) is 11.5. The molecule has 2 unspecified atom stereocenters. The molecule has 6 heterocycles. The second-order valence-electron chi connectivity index (χ2n) is 10.4. The number of aromatic nitrogens is 4. The Morgan fingerprint density at radius 2 is 1.84 bits per heavy atom. The average Bonchev–Trinajstić information content (AvgIpc) is 3.59. The van der Waals surface area contributed by atoms with Gasteiger partial charge in [0.25, 0.3) is 5.91 Å². The lowest BCUT2D eigenvalue weighted by molar-refractivity contribution is 0.0951. The number of pyridine rings is 2. The van der Waals surface area contributed by atoms with Gasteiger partial charge in [0.05, 0.1) is 39.7 Å². The monoisotopic (exact) mass is 525 g/mol. The summed E-state index contributed by atoms with van der Waals surface area (Å²) >= 11 is 1.44. The van der Waals surface area contributed by atoms with Gasteiger partial charge in [-0.25, -0.2) is 4.98 Å². The molecule has 0 spiro atoms. The van der Waals surface area contributed by atoms with Gasteiger partial charge < -0.3 is 15.1 Å². The first kappa shape index (κ1) is 23.2. The second kappa shape index (κ2) is 8.85. The molecule has 1 amide bonds. The lowest BCUT2D eigenvalue weighted by Crippen LogP contribution is -2.30. The topological polar surface area (TPSA) is 95.7 Å². The number of para-hydroxylation sites is 1. The SMILES string of the molecule is Cc1cnc(CNC(=O)c2c(=O)c3ccc(N4CC5CN(C)CC5C4)nc3n3c2sc2ccccc23)cn1. The van der Waals surface area contributed by atoms with E-state index < -0.39 is 5.91 Å². The number of benzene rings is 1. The van der Waals surface area contributed by atoms with Crippen LogP contribution < -0.4 is 15.6 Å². The summed E-state index contributed by atoms with van der Waals surface area (Å²) in [6, 6.07) is 11.7. The number of rotatable bonds is 4. The van der Waals surface area contributed by atoms with Crippen molar-refractivity contribution in [1.82, 2.24) is 29.6 Å². The number of anilines is 1. The van der Waals surface area contributed by atoms with E-state index in [1.165, 1.54) is 11.3 Å². The molecule has 5 aromatic rings. The number of thiazole rings is 1. The number of fused-ring (bicyclic) bond motifs is 6. The summed E-state index contributed by atoms with van der Waals surface area (Å²) < 4.78 is 2.97. The van der Waals surface area contributed by atoms with Gasteiger partial charge in [0.15, 0.2) is 5.65 Å². The summed E-state index contributed by atoms with van der Waals surface area (Å²) in [5, 5.41) is 3.32. The quantitative estimate of drug-likeness (QED) is 0.385. The Bertz CT molecular complexity index is 1760. The van der Waals surface area contributed by atoms with Crippen molar-refractivity contribution >= 4 is 49.1 Å². The number of hydrogen-bond donors (Lipinski definition) is 1. The van der Waals surface area contributed by atoms with E-state index in [9.17, 15) is 9.59 Å². The van der Waals surface area contributed by atoms with Crippen molar-refractivity contribution in [2.45, 2.75) is 13.5 Å². The summed E-state index contributed by atoms with van der Waals surface area (Å²) in [4.78, 5) is 46.2. The molecule has 0 bridgehead atoms. The molecule has 0 radical (unpaired) electrons. The van der Waals surface area contributed by atoms with Gasteiger partial charge in [-0.2, -0.15) is 0 Å². The number of amides is 1. The van der Waals surface area contributed by atoms with Crippen molar-refractivity contribution in [2.75, 3.05) is 38.1 Å². The maximum absolute atomic E-state index is 13.8. The summed E-state index contributed by atoms with van der Waals surface area (Å²) in [7, 11) is 2.18. The molecule has 2 atom stereocenters. The highest BCUT2D eigenvalue weighted by molar-refractivity contribution is 7.24. The zero-order valence-corrected chi connectivity index (χ0v) is 22.0. The molecule has 192 valence electrons. The van der Waals surface area contributed by atoms with Gasteiger partial charge >= 0.3 is 0 Å². The number of nitrogens with zero attached hydrogens (tertiary/aromatic N) is 6. The van der Waals surface area contributed by atoms with Crippen molar-refractivity contribution in [3.8, 4) is 0 Å². The molecule has 7 rings (SSSR count). The average molecular weight is 526 g/mol. The van der Waals surface area contributed by atoms with Crippen molar-refractivity contribution in [3.05, 3.63) is 76.0 Å². The molecule has 10 heteroatoms. The van der Waals surface area contributed by atoms with Gasteiger partial charge in [0, 0.05) is 32.4 Å². The molecule has 38 heavy (non-hydrogen) atoms. The Morgan fingerprint density at radius 3 is 2.61 bits per heavy atom. The molecule has 4 aromatic heterocycles. The normalized spacial score (nSPS) is 19.6. The van der Waals surface area contributed by atoms with Gasteiger partial charge in [-0.05, 0) is 50.1 Å².